The van der Waals surface area contributed by atoms with Gasteiger partial charge in [-0.2, -0.15) is 0 Å². The summed E-state index contributed by atoms with van der Waals surface area (Å²) in [5.74, 6) is 1.55. The van der Waals surface area contributed by atoms with E-state index in [0.29, 0.717) is 18.4 Å². The molecule has 0 aromatic heterocycles. The van der Waals surface area contributed by atoms with Crippen LogP contribution in [0.25, 0.3) is 0 Å². The van der Waals surface area contributed by atoms with E-state index < -0.39 is 0 Å². The van der Waals surface area contributed by atoms with E-state index >= 15 is 0 Å². The number of carbonyl (C=O) groups is 2. The molecule has 0 aromatic rings. The quantitative estimate of drug-likeness (QED) is 0.294. The normalized spacial score (nSPS) is 42.0. The van der Waals surface area contributed by atoms with E-state index in [1.807, 2.05) is 0 Å². The van der Waals surface area contributed by atoms with Gasteiger partial charge in [-0.15, -0.1) is 0 Å². The zero-order valence-corrected chi connectivity index (χ0v) is 22.1. The number of rotatable bonds is 8. The van der Waals surface area contributed by atoms with Gasteiger partial charge in [-0.1, -0.05) is 59.1 Å². The van der Waals surface area contributed by atoms with Crippen molar-refractivity contribution in [2.24, 2.45) is 39.4 Å². The Kier molecular flexibility index (Phi) is 6.32. The van der Waals surface area contributed by atoms with Crippen molar-refractivity contribution in [3.8, 4) is 0 Å². The predicted octanol–water partition coefficient (Wildman–Crippen LogP) is 6.87. The number of hydrogen-bond donors (Lipinski definition) is 0. The molecule has 4 rings (SSSR count). The largest absolute Gasteiger partial charge is 0.465 e. The second-order valence-electron chi connectivity index (χ2n) is 12.9. The highest BCUT2D eigenvalue weighted by molar-refractivity contribution is 5.67. The highest BCUT2D eigenvalue weighted by Crippen LogP contribution is 2.79. The molecule has 0 aliphatic heterocycles. The molecule has 4 heteroatoms. The number of esters is 2. The summed E-state index contributed by atoms with van der Waals surface area (Å²) in [5.41, 5.74) is 1.76. The summed E-state index contributed by atoms with van der Waals surface area (Å²) in [5, 5.41) is 0. The maximum absolute atomic E-state index is 12.2. The number of hydrogen-bond acceptors (Lipinski definition) is 4. The molecule has 186 valence electrons. The smallest absolute Gasteiger partial charge is 0.302 e. The number of allylic oxidation sites excluding steroid dienone is 2. The first kappa shape index (κ1) is 24.8. The number of ether oxygens (including phenoxy) is 2. The van der Waals surface area contributed by atoms with Crippen LogP contribution < -0.4 is 0 Å². The third-order valence-corrected chi connectivity index (χ3v) is 10.9. The fraction of sp³-hybridized carbons (Fsp3) is 0.862. The van der Waals surface area contributed by atoms with Crippen molar-refractivity contribution < 1.29 is 19.1 Å². The van der Waals surface area contributed by atoms with Crippen LogP contribution in [0.15, 0.2) is 11.6 Å². The summed E-state index contributed by atoms with van der Waals surface area (Å²) in [7, 11) is 0. The van der Waals surface area contributed by atoms with E-state index in [1.165, 1.54) is 46.0 Å². The maximum atomic E-state index is 12.2. The predicted molar refractivity (Wildman–Crippen MR) is 130 cm³/mol. The molecular formula is C29H46O4. The van der Waals surface area contributed by atoms with E-state index in [9.17, 15) is 9.59 Å². The van der Waals surface area contributed by atoms with Gasteiger partial charge in [0, 0.05) is 19.3 Å². The fourth-order valence-electron chi connectivity index (χ4n) is 9.00. The minimum Gasteiger partial charge on any atom is -0.465 e. The third-order valence-electron chi connectivity index (χ3n) is 10.9. The van der Waals surface area contributed by atoms with Gasteiger partial charge in [0.1, 0.15) is 12.7 Å². The zero-order chi connectivity index (χ0) is 24.2. The Hall–Kier alpha value is -1.32. The van der Waals surface area contributed by atoms with E-state index in [1.54, 1.807) is 5.57 Å². The van der Waals surface area contributed by atoms with Gasteiger partial charge in [-0.05, 0) is 78.9 Å². The summed E-state index contributed by atoms with van der Waals surface area (Å²) in [6, 6.07) is 0. The molecule has 4 bridgehead atoms. The monoisotopic (exact) mass is 458 g/mol. The lowest BCUT2D eigenvalue weighted by atomic mass is 9.43. The van der Waals surface area contributed by atoms with Gasteiger partial charge in [0.15, 0.2) is 0 Å². The van der Waals surface area contributed by atoms with Crippen LogP contribution >= 0.6 is 0 Å². The van der Waals surface area contributed by atoms with E-state index in [4.69, 9.17) is 9.47 Å². The lowest BCUT2D eigenvalue weighted by molar-refractivity contribution is -0.200. The molecule has 4 aliphatic rings. The van der Waals surface area contributed by atoms with Crippen LogP contribution in [-0.2, 0) is 19.1 Å². The van der Waals surface area contributed by atoms with Crippen molar-refractivity contribution in [3.05, 3.63) is 11.6 Å². The minimum atomic E-state index is -0.274. The van der Waals surface area contributed by atoms with E-state index in [0.717, 1.165) is 31.6 Å². The van der Waals surface area contributed by atoms with Crippen molar-refractivity contribution in [3.63, 3.8) is 0 Å². The van der Waals surface area contributed by atoms with Crippen LogP contribution in [0.1, 0.15) is 106 Å². The summed E-state index contributed by atoms with van der Waals surface area (Å²) >= 11 is 0. The van der Waals surface area contributed by atoms with Crippen LogP contribution in [0.3, 0.4) is 0 Å². The van der Waals surface area contributed by atoms with Crippen molar-refractivity contribution >= 4 is 11.9 Å². The van der Waals surface area contributed by atoms with Crippen LogP contribution in [0.2, 0.25) is 0 Å². The van der Waals surface area contributed by atoms with E-state index in [2.05, 4.69) is 40.7 Å². The summed E-state index contributed by atoms with van der Waals surface area (Å²) < 4.78 is 11.8. The summed E-state index contributed by atoms with van der Waals surface area (Å²) in [6.45, 7) is 15.4. The zero-order valence-electron chi connectivity index (χ0n) is 22.1. The second kappa shape index (κ2) is 8.41. The maximum Gasteiger partial charge on any atom is 0.302 e. The molecule has 0 N–H and O–H groups in total. The topological polar surface area (TPSA) is 52.6 Å². The van der Waals surface area contributed by atoms with E-state index in [-0.39, 0.29) is 39.7 Å². The lowest BCUT2D eigenvalue weighted by Crippen LogP contribution is -2.62. The molecule has 1 spiro atoms. The fourth-order valence-corrected chi connectivity index (χ4v) is 9.00. The standard InChI is InChI=1S/C29H46O4/c1-19(2)9-8-10-20(3)26(6)15-16-28-17-25(33-22(5)31)29(18-32-21(4)30)14-12-24(28)27(29,7)13-11-23(26)28/h11,19-20,24-25H,8-10,12-18H2,1-7H3. The highest BCUT2D eigenvalue weighted by Gasteiger charge is 2.75. The van der Waals surface area contributed by atoms with Crippen LogP contribution in [-0.4, -0.2) is 24.6 Å². The minimum absolute atomic E-state index is 0.00352. The second-order valence-corrected chi connectivity index (χ2v) is 12.9. The molecule has 0 aromatic carbocycles. The first-order chi connectivity index (χ1) is 15.4. The molecule has 3 fully saturated rings. The highest BCUT2D eigenvalue weighted by atomic mass is 16.6. The Balaban J connectivity index is 1.70. The Labute approximate surface area is 201 Å². The van der Waals surface area contributed by atoms with Crippen LogP contribution in [0.5, 0.6) is 0 Å². The SMILES string of the molecule is CC(=O)OCC12CCC3C4(CCC(C)(C(C)CCCC(C)C)C4=CCC31C)CC2OC(C)=O. The Morgan fingerprint density at radius 3 is 2.42 bits per heavy atom. The van der Waals surface area contributed by atoms with Gasteiger partial charge in [0.05, 0.1) is 0 Å². The molecule has 0 saturated heterocycles. The van der Waals surface area contributed by atoms with Crippen molar-refractivity contribution in [2.75, 3.05) is 6.61 Å². The van der Waals surface area contributed by atoms with Gasteiger partial charge in [-0.25, -0.2) is 0 Å². The molecule has 4 aliphatic carbocycles. The summed E-state index contributed by atoms with van der Waals surface area (Å²) in [4.78, 5) is 24.0. The average molecular weight is 459 g/mol. The van der Waals surface area contributed by atoms with Gasteiger partial charge >= 0.3 is 11.9 Å². The summed E-state index contributed by atoms with van der Waals surface area (Å²) in [6.07, 6.45) is 12.8. The molecule has 0 radical (unpaired) electrons. The molecule has 3 saturated carbocycles. The van der Waals surface area contributed by atoms with Crippen molar-refractivity contribution in [1.82, 2.24) is 0 Å². The molecule has 33 heavy (non-hydrogen) atoms. The molecular weight excluding hydrogens is 412 g/mol. The molecule has 0 heterocycles. The van der Waals surface area contributed by atoms with Crippen molar-refractivity contribution in [2.45, 2.75) is 112 Å². The number of carbonyl (C=O) groups excluding carboxylic acids is 2. The Morgan fingerprint density at radius 2 is 1.79 bits per heavy atom. The lowest BCUT2D eigenvalue weighted by Gasteiger charge is -2.62. The van der Waals surface area contributed by atoms with Gasteiger partial charge in [0.2, 0.25) is 0 Å². The average Bonchev–Trinajstić information content (AvgIpc) is 3.12. The first-order valence-electron chi connectivity index (χ1n) is 13.4. The van der Waals surface area contributed by atoms with Gasteiger partial charge in [0.25, 0.3) is 0 Å². The molecule has 0 amide bonds. The third kappa shape index (κ3) is 3.60. The van der Waals surface area contributed by atoms with Crippen LogP contribution in [0, 0.1) is 39.4 Å². The van der Waals surface area contributed by atoms with Crippen molar-refractivity contribution in [1.29, 1.82) is 0 Å². The molecule has 7 unspecified atom stereocenters. The Bertz CT molecular complexity index is 829. The Morgan fingerprint density at radius 1 is 1.06 bits per heavy atom. The van der Waals surface area contributed by atoms with Gasteiger partial charge in [-0.3, -0.25) is 9.59 Å². The molecule has 7 atom stereocenters. The van der Waals surface area contributed by atoms with Crippen LogP contribution in [0.4, 0.5) is 0 Å². The first-order valence-corrected chi connectivity index (χ1v) is 13.4. The molecule has 4 nitrogen and oxygen atoms in total. The van der Waals surface area contributed by atoms with Gasteiger partial charge < -0.3 is 9.47 Å².